The second-order valence-corrected chi connectivity index (χ2v) is 3.59. The molecule has 1 amide bonds. The van der Waals surface area contributed by atoms with E-state index in [2.05, 4.69) is 5.32 Å². The first kappa shape index (κ1) is 8.26. The topological polar surface area (TPSA) is 38.3 Å². The Morgan fingerprint density at radius 1 is 1.80 bits per heavy atom. The van der Waals surface area contributed by atoms with Crippen molar-refractivity contribution in [2.75, 3.05) is 13.7 Å². The number of halogens is 1. The van der Waals surface area contributed by atoms with Crippen LogP contribution in [0.4, 0.5) is 4.79 Å². The molecule has 0 heterocycles. The second kappa shape index (κ2) is 3.04. The minimum atomic E-state index is -0.00692. The molecular formula is C6H10INO2. The minimum Gasteiger partial charge on any atom is -0.382 e. The zero-order valence-corrected chi connectivity index (χ0v) is 7.97. The van der Waals surface area contributed by atoms with Crippen molar-refractivity contribution in [2.45, 2.75) is 18.4 Å². The van der Waals surface area contributed by atoms with E-state index in [-0.39, 0.29) is 9.45 Å². The van der Waals surface area contributed by atoms with Crippen LogP contribution in [0.15, 0.2) is 0 Å². The molecule has 1 fully saturated rings. The molecule has 1 N–H and O–H groups in total. The van der Waals surface area contributed by atoms with Gasteiger partial charge < -0.3 is 10.1 Å². The molecule has 10 heavy (non-hydrogen) atoms. The van der Waals surface area contributed by atoms with E-state index >= 15 is 0 Å². The SMILES string of the molecule is COCC1(NC(=O)I)CC1. The van der Waals surface area contributed by atoms with Crippen LogP contribution in [0.25, 0.3) is 0 Å². The number of rotatable bonds is 3. The summed E-state index contributed by atoms with van der Waals surface area (Å²) in [6, 6.07) is 0. The van der Waals surface area contributed by atoms with Crippen molar-refractivity contribution >= 4 is 26.5 Å². The van der Waals surface area contributed by atoms with Crippen LogP contribution >= 0.6 is 22.6 Å². The Morgan fingerprint density at radius 3 is 2.70 bits per heavy atom. The van der Waals surface area contributed by atoms with Crippen molar-refractivity contribution in [1.82, 2.24) is 5.32 Å². The standard InChI is InChI=1S/C6H10INO2/c1-10-4-6(2-3-6)8-5(7)9/h2-4H2,1H3,(H,8,9). The molecule has 0 unspecified atom stereocenters. The van der Waals surface area contributed by atoms with Crippen molar-refractivity contribution in [3.05, 3.63) is 0 Å². The lowest BCUT2D eigenvalue weighted by Gasteiger charge is -2.13. The van der Waals surface area contributed by atoms with Crippen LogP contribution in [-0.2, 0) is 4.74 Å². The maximum absolute atomic E-state index is 10.6. The molecule has 0 atom stereocenters. The van der Waals surface area contributed by atoms with Gasteiger partial charge >= 0.3 is 0 Å². The first-order valence-electron chi connectivity index (χ1n) is 3.15. The number of hydrogen-bond acceptors (Lipinski definition) is 2. The van der Waals surface area contributed by atoms with Crippen molar-refractivity contribution in [3.8, 4) is 0 Å². The fourth-order valence-corrected chi connectivity index (χ4v) is 1.51. The van der Waals surface area contributed by atoms with Crippen molar-refractivity contribution < 1.29 is 9.53 Å². The summed E-state index contributed by atoms with van der Waals surface area (Å²) in [6.07, 6.45) is 2.10. The number of methoxy groups -OCH3 is 1. The molecule has 4 heteroatoms. The van der Waals surface area contributed by atoms with E-state index in [0.717, 1.165) is 12.8 Å². The molecule has 0 saturated heterocycles. The second-order valence-electron chi connectivity index (χ2n) is 2.61. The average molecular weight is 255 g/mol. The summed E-state index contributed by atoms with van der Waals surface area (Å²) in [5, 5.41) is 2.85. The fraction of sp³-hybridized carbons (Fsp3) is 0.833. The van der Waals surface area contributed by atoms with Gasteiger partial charge in [0.1, 0.15) is 0 Å². The molecule has 1 aliphatic carbocycles. The van der Waals surface area contributed by atoms with Gasteiger partial charge in [-0.25, -0.2) is 0 Å². The summed E-state index contributed by atoms with van der Waals surface area (Å²) in [7, 11) is 1.65. The number of carbonyl (C=O) groups excluding carboxylic acids is 1. The van der Waals surface area contributed by atoms with Crippen molar-refractivity contribution in [2.24, 2.45) is 0 Å². The molecule has 1 rings (SSSR count). The largest absolute Gasteiger partial charge is 0.382 e. The zero-order valence-electron chi connectivity index (χ0n) is 5.82. The fourth-order valence-electron chi connectivity index (χ4n) is 0.941. The molecule has 0 spiro atoms. The van der Waals surface area contributed by atoms with Gasteiger partial charge in [0.05, 0.1) is 12.1 Å². The Hall–Kier alpha value is 0.160. The zero-order chi connectivity index (χ0) is 7.61. The maximum atomic E-state index is 10.6. The van der Waals surface area contributed by atoms with Crippen LogP contribution in [0.3, 0.4) is 0 Å². The molecule has 1 aliphatic rings. The van der Waals surface area contributed by atoms with Gasteiger partial charge in [0.15, 0.2) is 0 Å². The highest BCUT2D eigenvalue weighted by Gasteiger charge is 2.43. The van der Waals surface area contributed by atoms with Gasteiger partial charge in [0.2, 0.25) is 0 Å². The van der Waals surface area contributed by atoms with Gasteiger partial charge in [-0.3, -0.25) is 4.79 Å². The Bertz CT molecular complexity index is 145. The van der Waals surface area contributed by atoms with E-state index in [1.807, 2.05) is 0 Å². The quantitative estimate of drug-likeness (QED) is 0.469. The highest BCUT2D eigenvalue weighted by Crippen LogP contribution is 2.35. The van der Waals surface area contributed by atoms with Crippen molar-refractivity contribution in [3.63, 3.8) is 0 Å². The van der Waals surface area contributed by atoms with Crippen molar-refractivity contribution in [1.29, 1.82) is 0 Å². The Kier molecular flexibility index (Phi) is 2.51. The van der Waals surface area contributed by atoms with Crippen LogP contribution in [0.1, 0.15) is 12.8 Å². The molecule has 3 nitrogen and oxygen atoms in total. The molecule has 0 aromatic rings. The summed E-state index contributed by atoms with van der Waals surface area (Å²) >= 11 is 1.74. The normalized spacial score (nSPS) is 20.2. The average Bonchev–Trinajstić information content (AvgIpc) is 2.47. The first-order valence-corrected chi connectivity index (χ1v) is 4.23. The number of hydrogen-bond donors (Lipinski definition) is 1. The van der Waals surface area contributed by atoms with E-state index in [0.29, 0.717) is 6.61 Å². The molecule has 0 aromatic carbocycles. The highest BCUT2D eigenvalue weighted by molar-refractivity contribution is 14.1. The van der Waals surface area contributed by atoms with Crippen LogP contribution in [0.5, 0.6) is 0 Å². The van der Waals surface area contributed by atoms with E-state index in [1.54, 1.807) is 29.7 Å². The Labute approximate surface area is 73.6 Å². The van der Waals surface area contributed by atoms with Crippen LogP contribution in [-0.4, -0.2) is 23.2 Å². The number of ether oxygens (including phenoxy) is 1. The van der Waals surface area contributed by atoms with Crippen LogP contribution < -0.4 is 5.32 Å². The van der Waals surface area contributed by atoms with E-state index in [1.165, 1.54) is 0 Å². The van der Waals surface area contributed by atoms with Crippen LogP contribution in [0, 0.1) is 0 Å². The molecular weight excluding hydrogens is 245 g/mol. The monoisotopic (exact) mass is 255 g/mol. The Morgan fingerprint density at radius 2 is 2.40 bits per heavy atom. The van der Waals surface area contributed by atoms with Gasteiger partial charge in [-0.1, -0.05) is 0 Å². The smallest absolute Gasteiger partial charge is 0.281 e. The minimum absolute atomic E-state index is 0.00662. The summed E-state index contributed by atoms with van der Waals surface area (Å²) in [6.45, 7) is 0.641. The first-order chi connectivity index (χ1) is 4.68. The van der Waals surface area contributed by atoms with Gasteiger partial charge in [0, 0.05) is 29.7 Å². The third-order valence-electron chi connectivity index (χ3n) is 1.64. The summed E-state index contributed by atoms with van der Waals surface area (Å²) < 4.78 is 4.96. The third-order valence-corrected chi connectivity index (χ3v) is 1.91. The Balaban J connectivity index is 2.30. The summed E-state index contributed by atoms with van der Waals surface area (Å²) in [5.74, 6) is 0. The number of carbonyl (C=O) groups is 1. The van der Waals surface area contributed by atoms with Gasteiger partial charge in [-0.15, -0.1) is 0 Å². The molecule has 0 aromatic heterocycles. The highest BCUT2D eigenvalue weighted by atomic mass is 127. The van der Waals surface area contributed by atoms with E-state index in [9.17, 15) is 4.79 Å². The lowest BCUT2D eigenvalue weighted by Crippen LogP contribution is -2.36. The molecule has 0 bridgehead atoms. The maximum Gasteiger partial charge on any atom is 0.281 e. The predicted molar refractivity (Wildman–Crippen MR) is 46.4 cm³/mol. The molecule has 0 radical (unpaired) electrons. The third kappa shape index (κ3) is 2.09. The lowest BCUT2D eigenvalue weighted by atomic mass is 10.3. The van der Waals surface area contributed by atoms with Gasteiger partial charge in [-0.05, 0) is 12.8 Å². The summed E-state index contributed by atoms with van der Waals surface area (Å²) in [4.78, 5) is 10.6. The summed E-state index contributed by atoms with van der Waals surface area (Å²) in [5.41, 5.74) is -0.00692. The molecule has 0 aliphatic heterocycles. The number of nitrogens with one attached hydrogen (secondary N) is 1. The van der Waals surface area contributed by atoms with Gasteiger partial charge in [0.25, 0.3) is 3.91 Å². The van der Waals surface area contributed by atoms with E-state index in [4.69, 9.17) is 4.74 Å². The van der Waals surface area contributed by atoms with E-state index < -0.39 is 0 Å². The number of amides is 1. The van der Waals surface area contributed by atoms with Crippen LogP contribution in [0.2, 0.25) is 0 Å². The predicted octanol–water partition coefficient (Wildman–Crippen LogP) is 1.31. The van der Waals surface area contributed by atoms with Gasteiger partial charge in [-0.2, -0.15) is 0 Å². The molecule has 1 saturated carbocycles. The molecule has 58 valence electrons. The lowest BCUT2D eigenvalue weighted by molar-refractivity contribution is 0.161.